The van der Waals surface area contributed by atoms with Crippen molar-refractivity contribution in [2.75, 3.05) is 31.1 Å². The normalized spacial score (nSPS) is 15.9. The first-order chi connectivity index (χ1) is 7.86. The number of fused-ring (bicyclic) bond motifs is 1. The van der Waals surface area contributed by atoms with Crippen molar-refractivity contribution >= 4 is 29.4 Å². The zero-order valence-electron chi connectivity index (χ0n) is 9.89. The van der Waals surface area contributed by atoms with Crippen LogP contribution in [0.5, 0.6) is 0 Å². The van der Waals surface area contributed by atoms with Crippen LogP contribution in [0.15, 0.2) is 24.3 Å². The predicted octanol–water partition coefficient (Wildman–Crippen LogP) is 1.40. The lowest BCUT2D eigenvalue weighted by Gasteiger charge is -2.28. The smallest absolute Gasteiger partial charge is 0.206 e. The molecule has 17 heavy (non-hydrogen) atoms. The Labute approximate surface area is 107 Å². The highest BCUT2D eigenvalue weighted by Gasteiger charge is 2.16. The average molecular weight is 253 g/mol. The molecule has 1 aliphatic heterocycles. The van der Waals surface area contributed by atoms with Gasteiger partial charge in [-0.05, 0) is 12.1 Å². The Bertz CT molecular complexity index is 502. The maximum absolute atomic E-state index is 4.70. The summed E-state index contributed by atoms with van der Waals surface area (Å²) in [5.41, 5.74) is 2.29. The summed E-state index contributed by atoms with van der Waals surface area (Å²) in [5, 5.41) is 3.36. The molecule has 1 aromatic carbocycles. The minimum Gasteiger partial charge on any atom is -0.340 e. The summed E-state index contributed by atoms with van der Waals surface area (Å²) >= 11 is 0. The molecule has 2 aromatic rings. The van der Waals surface area contributed by atoms with Crippen LogP contribution in [-0.2, 0) is 7.05 Å². The molecular formula is C12H17ClN4. The molecule has 92 valence electrons. The van der Waals surface area contributed by atoms with Crippen molar-refractivity contribution in [1.82, 2.24) is 14.9 Å². The maximum atomic E-state index is 4.70. The van der Waals surface area contributed by atoms with Gasteiger partial charge in [-0.1, -0.05) is 12.1 Å². The lowest BCUT2D eigenvalue weighted by Crippen LogP contribution is -2.44. The van der Waals surface area contributed by atoms with E-state index in [2.05, 4.69) is 40.0 Å². The van der Waals surface area contributed by atoms with Crippen LogP contribution in [0.1, 0.15) is 0 Å². The fraction of sp³-hybridized carbons (Fsp3) is 0.417. The van der Waals surface area contributed by atoms with E-state index < -0.39 is 0 Å². The van der Waals surface area contributed by atoms with E-state index in [1.54, 1.807) is 0 Å². The van der Waals surface area contributed by atoms with Crippen molar-refractivity contribution in [3.05, 3.63) is 24.3 Å². The standard InChI is InChI=1S/C12H16N4.ClH/c1-15-11-5-3-2-4-10(11)14-12(15)16-8-6-13-7-9-16;/h2-5,13H,6-9H2,1H3;1H. The summed E-state index contributed by atoms with van der Waals surface area (Å²) in [7, 11) is 2.09. The van der Waals surface area contributed by atoms with Crippen molar-refractivity contribution in [2.45, 2.75) is 0 Å². The lowest BCUT2D eigenvalue weighted by atomic mass is 10.3. The number of benzene rings is 1. The van der Waals surface area contributed by atoms with E-state index >= 15 is 0 Å². The molecule has 0 bridgehead atoms. The number of halogens is 1. The third-order valence-corrected chi connectivity index (χ3v) is 3.16. The van der Waals surface area contributed by atoms with Crippen LogP contribution < -0.4 is 10.2 Å². The van der Waals surface area contributed by atoms with Crippen LogP contribution in [0.3, 0.4) is 0 Å². The molecule has 4 nitrogen and oxygen atoms in total. The third-order valence-electron chi connectivity index (χ3n) is 3.16. The van der Waals surface area contributed by atoms with Gasteiger partial charge >= 0.3 is 0 Å². The molecule has 1 aliphatic rings. The predicted molar refractivity (Wildman–Crippen MR) is 73.0 cm³/mol. The van der Waals surface area contributed by atoms with Gasteiger partial charge in [0.05, 0.1) is 11.0 Å². The van der Waals surface area contributed by atoms with E-state index in [0.29, 0.717) is 0 Å². The van der Waals surface area contributed by atoms with Crippen molar-refractivity contribution in [2.24, 2.45) is 7.05 Å². The zero-order chi connectivity index (χ0) is 11.0. The van der Waals surface area contributed by atoms with Crippen LogP contribution >= 0.6 is 12.4 Å². The van der Waals surface area contributed by atoms with Crippen LogP contribution in [0, 0.1) is 0 Å². The Morgan fingerprint density at radius 3 is 2.59 bits per heavy atom. The zero-order valence-corrected chi connectivity index (χ0v) is 10.7. The Morgan fingerprint density at radius 2 is 1.88 bits per heavy atom. The number of rotatable bonds is 1. The molecule has 3 rings (SSSR count). The first-order valence-corrected chi connectivity index (χ1v) is 5.73. The Kier molecular flexibility index (Phi) is 3.54. The summed E-state index contributed by atoms with van der Waals surface area (Å²) in [6.07, 6.45) is 0. The second-order valence-corrected chi connectivity index (χ2v) is 4.20. The summed E-state index contributed by atoms with van der Waals surface area (Å²) < 4.78 is 2.18. The van der Waals surface area contributed by atoms with Crippen molar-refractivity contribution < 1.29 is 0 Å². The number of nitrogens with zero attached hydrogens (tertiary/aromatic N) is 3. The van der Waals surface area contributed by atoms with Gasteiger partial charge < -0.3 is 14.8 Å². The molecule has 2 heterocycles. The SMILES string of the molecule is Cl.Cn1c(N2CCNCC2)nc2ccccc21. The highest BCUT2D eigenvalue weighted by molar-refractivity contribution is 5.85. The molecule has 0 saturated carbocycles. The second kappa shape index (κ2) is 4.94. The van der Waals surface area contributed by atoms with Gasteiger partial charge in [-0.15, -0.1) is 12.4 Å². The molecule has 0 atom stereocenters. The van der Waals surface area contributed by atoms with Crippen LogP contribution in [0.25, 0.3) is 11.0 Å². The largest absolute Gasteiger partial charge is 0.340 e. The molecule has 1 aromatic heterocycles. The van der Waals surface area contributed by atoms with Gasteiger partial charge in [0.15, 0.2) is 0 Å². The highest BCUT2D eigenvalue weighted by atomic mass is 35.5. The fourth-order valence-electron chi connectivity index (χ4n) is 2.28. The molecule has 1 fully saturated rings. The monoisotopic (exact) mass is 252 g/mol. The molecule has 0 radical (unpaired) electrons. The van der Waals surface area contributed by atoms with Crippen molar-refractivity contribution in [1.29, 1.82) is 0 Å². The molecule has 1 saturated heterocycles. The quantitative estimate of drug-likeness (QED) is 0.833. The number of imidazole rings is 1. The Hall–Kier alpha value is -1.26. The Balaban J connectivity index is 0.00000108. The summed E-state index contributed by atoms with van der Waals surface area (Å²) in [5.74, 6) is 1.09. The molecule has 0 unspecified atom stereocenters. The summed E-state index contributed by atoms with van der Waals surface area (Å²) in [6.45, 7) is 4.17. The van der Waals surface area contributed by atoms with Gasteiger partial charge in [-0.3, -0.25) is 0 Å². The highest BCUT2D eigenvalue weighted by Crippen LogP contribution is 2.20. The van der Waals surface area contributed by atoms with E-state index in [9.17, 15) is 0 Å². The van der Waals surface area contributed by atoms with E-state index in [0.717, 1.165) is 37.6 Å². The van der Waals surface area contributed by atoms with Crippen molar-refractivity contribution in [3.63, 3.8) is 0 Å². The number of nitrogens with one attached hydrogen (secondary N) is 1. The first-order valence-electron chi connectivity index (χ1n) is 5.73. The van der Waals surface area contributed by atoms with Crippen molar-refractivity contribution in [3.8, 4) is 0 Å². The van der Waals surface area contributed by atoms with E-state index in [-0.39, 0.29) is 12.4 Å². The number of hydrogen-bond acceptors (Lipinski definition) is 3. The molecule has 1 N–H and O–H groups in total. The molecule has 0 amide bonds. The average Bonchev–Trinajstić information content (AvgIpc) is 2.69. The fourth-order valence-corrected chi connectivity index (χ4v) is 2.28. The van der Waals surface area contributed by atoms with E-state index in [1.807, 2.05) is 6.07 Å². The first kappa shape index (κ1) is 12.2. The molecule has 5 heteroatoms. The lowest BCUT2D eigenvalue weighted by molar-refractivity contribution is 0.575. The number of aryl methyl sites for hydroxylation is 1. The van der Waals surface area contributed by atoms with Gasteiger partial charge in [0.2, 0.25) is 5.95 Å². The summed E-state index contributed by atoms with van der Waals surface area (Å²) in [4.78, 5) is 7.04. The third kappa shape index (κ3) is 2.10. The second-order valence-electron chi connectivity index (χ2n) is 4.20. The molecule has 0 spiro atoms. The number of anilines is 1. The van der Waals surface area contributed by atoms with Crippen LogP contribution in [-0.4, -0.2) is 35.7 Å². The van der Waals surface area contributed by atoms with Gasteiger partial charge in [0.1, 0.15) is 0 Å². The number of aromatic nitrogens is 2. The van der Waals surface area contributed by atoms with Gasteiger partial charge in [0.25, 0.3) is 0 Å². The minimum atomic E-state index is 0. The number of para-hydroxylation sites is 2. The maximum Gasteiger partial charge on any atom is 0.206 e. The minimum absolute atomic E-state index is 0. The molecular weight excluding hydrogens is 236 g/mol. The Morgan fingerprint density at radius 1 is 1.18 bits per heavy atom. The van der Waals surface area contributed by atoms with Crippen LogP contribution in [0.2, 0.25) is 0 Å². The number of hydrogen-bond donors (Lipinski definition) is 1. The van der Waals surface area contributed by atoms with E-state index in [4.69, 9.17) is 4.98 Å². The van der Waals surface area contributed by atoms with Gasteiger partial charge in [0, 0.05) is 33.2 Å². The van der Waals surface area contributed by atoms with Gasteiger partial charge in [-0.2, -0.15) is 0 Å². The molecule has 0 aliphatic carbocycles. The van der Waals surface area contributed by atoms with Crippen LogP contribution in [0.4, 0.5) is 5.95 Å². The topological polar surface area (TPSA) is 33.1 Å². The van der Waals surface area contributed by atoms with Gasteiger partial charge in [-0.25, -0.2) is 4.98 Å². The summed E-state index contributed by atoms with van der Waals surface area (Å²) in [6, 6.07) is 8.29. The van der Waals surface area contributed by atoms with E-state index in [1.165, 1.54) is 5.52 Å². The number of piperazine rings is 1.